The number of carbonyl (C=O) groups is 1. The average Bonchev–Trinajstić information content (AvgIpc) is 2.88. The smallest absolute Gasteiger partial charge is 0.246 e. The molecule has 2 aromatic rings. The van der Waals surface area contributed by atoms with Crippen LogP contribution in [0, 0.1) is 17.5 Å². The molecule has 0 saturated carbocycles. The van der Waals surface area contributed by atoms with Crippen molar-refractivity contribution in [3.8, 4) is 0 Å². The minimum atomic E-state index is -1.38. The summed E-state index contributed by atoms with van der Waals surface area (Å²) in [7, 11) is 0. The van der Waals surface area contributed by atoms with Crippen LogP contribution < -0.4 is 11.1 Å². The Morgan fingerprint density at radius 2 is 2.05 bits per heavy atom. The van der Waals surface area contributed by atoms with Gasteiger partial charge in [-0.1, -0.05) is 6.07 Å². The maximum Gasteiger partial charge on any atom is 0.246 e. The molecule has 7 heteroatoms. The van der Waals surface area contributed by atoms with Crippen molar-refractivity contribution in [1.82, 2.24) is 0 Å². The fourth-order valence-electron chi connectivity index (χ4n) is 1.45. The van der Waals surface area contributed by atoms with Gasteiger partial charge in [-0.15, -0.1) is 11.3 Å². The van der Waals surface area contributed by atoms with Crippen molar-refractivity contribution in [1.29, 1.82) is 0 Å². The number of amides is 1. The topological polar surface area (TPSA) is 55.1 Å². The van der Waals surface area contributed by atoms with Gasteiger partial charge < -0.3 is 11.1 Å². The highest BCUT2D eigenvalue weighted by molar-refractivity contribution is 7.10. The number of anilines is 1. The van der Waals surface area contributed by atoms with E-state index in [1.165, 1.54) is 11.3 Å². The molecule has 1 unspecified atom stereocenters. The number of nitrogens with two attached hydrogens (primary N) is 1. The molecule has 0 radical (unpaired) electrons. The third-order valence-electron chi connectivity index (χ3n) is 2.38. The summed E-state index contributed by atoms with van der Waals surface area (Å²) in [5.74, 6) is -4.43. The SMILES string of the molecule is NC(C(=O)Nc1cc(F)cc(F)c1F)c1cccs1. The molecule has 1 atom stereocenters. The maximum absolute atomic E-state index is 13.4. The number of carbonyl (C=O) groups excluding carboxylic acids is 1. The van der Waals surface area contributed by atoms with Crippen LogP contribution in [0.5, 0.6) is 0 Å². The normalized spacial score (nSPS) is 12.2. The number of hydrogen-bond donors (Lipinski definition) is 2. The predicted molar refractivity (Wildman–Crippen MR) is 66.2 cm³/mol. The van der Waals surface area contributed by atoms with Gasteiger partial charge in [-0.25, -0.2) is 13.2 Å². The summed E-state index contributed by atoms with van der Waals surface area (Å²) in [6, 6.07) is 3.40. The number of benzene rings is 1. The maximum atomic E-state index is 13.4. The van der Waals surface area contributed by atoms with E-state index in [0.29, 0.717) is 17.0 Å². The van der Waals surface area contributed by atoms with E-state index in [2.05, 4.69) is 5.32 Å². The zero-order chi connectivity index (χ0) is 14.0. The Kier molecular flexibility index (Phi) is 3.87. The Morgan fingerprint density at radius 3 is 2.68 bits per heavy atom. The van der Waals surface area contributed by atoms with Crippen LogP contribution >= 0.6 is 11.3 Å². The second-order valence-electron chi connectivity index (χ2n) is 3.73. The zero-order valence-corrected chi connectivity index (χ0v) is 10.3. The van der Waals surface area contributed by atoms with Crippen molar-refractivity contribution < 1.29 is 18.0 Å². The van der Waals surface area contributed by atoms with Crippen molar-refractivity contribution >= 4 is 22.9 Å². The van der Waals surface area contributed by atoms with Crippen LogP contribution in [0.3, 0.4) is 0 Å². The Balaban J connectivity index is 2.20. The van der Waals surface area contributed by atoms with Gasteiger partial charge in [0.1, 0.15) is 11.9 Å². The van der Waals surface area contributed by atoms with Gasteiger partial charge >= 0.3 is 0 Å². The van der Waals surface area contributed by atoms with Gasteiger partial charge in [-0.2, -0.15) is 0 Å². The predicted octanol–water partition coefficient (Wildman–Crippen LogP) is 2.80. The first-order valence-electron chi connectivity index (χ1n) is 5.23. The molecule has 0 bridgehead atoms. The monoisotopic (exact) mass is 286 g/mol. The lowest BCUT2D eigenvalue weighted by Gasteiger charge is -2.11. The number of rotatable bonds is 3. The second-order valence-corrected chi connectivity index (χ2v) is 4.71. The molecule has 100 valence electrons. The molecule has 2 rings (SSSR count). The van der Waals surface area contributed by atoms with Gasteiger partial charge in [-0.05, 0) is 11.4 Å². The summed E-state index contributed by atoms with van der Waals surface area (Å²) in [6.45, 7) is 0. The number of nitrogens with one attached hydrogen (secondary N) is 1. The molecule has 1 aromatic carbocycles. The molecule has 0 fully saturated rings. The summed E-state index contributed by atoms with van der Waals surface area (Å²) in [5, 5.41) is 3.79. The van der Waals surface area contributed by atoms with Crippen molar-refractivity contribution in [2.45, 2.75) is 6.04 Å². The Bertz CT molecular complexity index is 601. The highest BCUT2D eigenvalue weighted by Crippen LogP contribution is 2.22. The van der Waals surface area contributed by atoms with Gasteiger partial charge in [0.25, 0.3) is 0 Å². The van der Waals surface area contributed by atoms with Crippen LogP contribution in [0.1, 0.15) is 10.9 Å². The van der Waals surface area contributed by atoms with Crippen LogP contribution in [-0.2, 0) is 4.79 Å². The first kappa shape index (κ1) is 13.6. The molecule has 3 N–H and O–H groups in total. The summed E-state index contributed by atoms with van der Waals surface area (Å²) in [4.78, 5) is 12.3. The van der Waals surface area contributed by atoms with Crippen LogP contribution in [0.2, 0.25) is 0 Å². The van der Waals surface area contributed by atoms with E-state index in [4.69, 9.17) is 5.73 Å². The summed E-state index contributed by atoms with van der Waals surface area (Å²) in [5.41, 5.74) is 5.07. The Hall–Kier alpha value is -1.86. The fourth-order valence-corrected chi connectivity index (χ4v) is 2.18. The van der Waals surface area contributed by atoms with E-state index in [0.717, 1.165) is 0 Å². The molecule has 1 amide bonds. The molecule has 0 aliphatic carbocycles. The summed E-state index contributed by atoms with van der Waals surface area (Å²) in [6.07, 6.45) is 0. The number of thiophene rings is 1. The lowest BCUT2D eigenvalue weighted by atomic mass is 10.2. The van der Waals surface area contributed by atoms with Crippen molar-refractivity contribution in [3.05, 3.63) is 52.0 Å². The largest absolute Gasteiger partial charge is 0.322 e. The summed E-state index contributed by atoms with van der Waals surface area (Å²) < 4.78 is 39.3. The Labute approximate surface area is 110 Å². The van der Waals surface area contributed by atoms with E-state index in [9.17, 15) is 18.0 Å². The average molecular weight is 286 g/mol. The number of halogens is 3. The molecule has 19 heavy (non-hydrogen) atoms. The molecule has 0 saturated heterocycles. The van der Waals surface area contributed by atoms with Gasteiger partial charge in [0, 0.05) is 17.0 Å². The molecule has 3 nitrogen and oxygen atoms in total. The van der Waals surface area contributed by atoms with Gasteiger partial charge in [0.05, 0.1) is 5.69 Å². The molecule has 1 aromatic heterocycles. The minimum Gasteiger partial charge on any atom is -0.322 e. The van der Waals surface area contributed by atoms with Crippen LogP contribution in [0.15, 0.2) is 29.6 Å². The first-order valence-corrected chi connectivity index (χ1v) is 6.11. The molecular formula is C12H9F3N2OS. The lowest BCUT2D eigenvalue weighted by molar-refractivity contribution is -0.117. The lowest BCUT2D eigenvalue weighted by Crippen LogP contribution is -2.27. The fraction of sp³-hybridized carbons (Fsp3) is 0.0833. The van der Waals surface area contributed by atoms with Crippen LogP contribution in [0.25, 0.3) is 0 Å². The standard InChI is InChI=1S/C12H9F3N2OS/c13-6-4-7(14)10(15)8(5-6)17-12(18)11(16)9-2-1-3-19-9/h1-5,11H,16H2,(H,17,18). The van der Waals surface area contributed by atoms with Crippen LogP contribution in [0.4, 0.5) is 18.9 Å². The molecule has 0 aliphatic heterocycles. The van der Waals surface area contributed by atoms with Gasteiger partial charge in [-0.3, -0.25) is 4.79 Å². The molecule has 0 aliphatic rings. The molecular weight excluding hydrogens is 277 g/mol. The third-order valence-corrected chi connectivity index (χ3v) is 3.34. The highest BCUT2D eigenvalue weighted by atomic mass is 32.1. The van der Waals surface area contributed by atoms with Crippen molar-refractivity contribution in [2.75, 3.05) is 5.32 Å². The Morgan fingerprint density at radius 1 is 1.32 bits per heavy atom. The molecule has 1 heterocycles. The molecule has 0 spiro atoms. The highest BCUT2D eigenvalue weighted by Gasteiger charge is 2.20. The summed E-state index contributed by atoms with van der Waals surface area (Å²) >= 11 is 1.25. The minimum absolute atomic E-state index is 0.393. The van der Waals surface area contributed by atoms with E-state index in [1.54, 1.807) is 17.5 Å². The van der Waals surface area contributed by atoms with Crippen molar-refractivity contribution in [3.63, 3.8) is 0 Å². The number of hydrogen-bond acceptors (Lipinski definition) is 3. The van der Waals surface area contributed by atoms with Gasteiger partial charge in [0.15, 0.2) is 11.6 Å². The first-order chi connectivity index (χ1) is 8.99. The zero-order valence-electron chi connectivity index (χ0n) is 9.49. The van der Waals surface area contributed by atoms with E-state index < -0.39 is 35.1 Å². The third kappa shape index (κ3) is 2.94. The second kappa shape index (κ2) is 5.41. The van der Waals surface area contributed by atoms with E-state index in [-0.39, 0.29) is 0 Å². The van der Waals surface area contributed by atoms with E-state index >= 15 is 0 Å². The van der Waals surface area contributed by atoms with Crippen LogP contribution in [-0.4, -0.2) is 5.91 Å². The quantitative estimate of drug-likeness (QED) is 0.852. The van der Waals surface area contributed by atoms with E-state index in [1.807, 2.05) is 0 Å². The van der Waals surface area contributed by atoms with Gasteiger partial charge in [0.2, 0.25) is 5.91 Å². The van der Waals surface area contributed by atoms with Crippen molar-refractivity contribution in [2.24, 2.45) is 5.73 Å².